The van der Waals surface area contributed by atoms with Crippen molar-refractivity contribution in [1.82, 2.24) is 0 Å². The highest BCUT2D eigenvalue weighted by molar-refractivity contribution is 6.31. The fourth-order valence-electron chi connectivity index (χ4n) is 2.08. The Morgan fingerprint density at radius 1 is 1.31 bits per heavy atom. The van der Waals surface area contributed by atoms with Gasteiger partial charge in [0.05, 0.1) is 0 Å². The van der Waals surface area contributed by atoms with Crippen molar-refractivity contribution in [3.05, 3.63) is 46.5 Å². The molecule has 0 heterocycles. The molecule has 0 radical (unpaired) electrons. The molecule has 1 aliphatic rings. The van der Waals surface area contributed by atoms with Crippen LogP contribution in [0.5, 0.6) is 0 Å². The summed E-state index contributed by atoms with van der Waals surface area (Å²) in [7, 11) is 0. The van der Waals surface area contributed by atoms with Crippen molar-refractivity contribution in [3.63, 3.8) is 0 Å². The molecular weight excluding hydrogens is 216 g/mol. The van der Waals surface area contributed by atoms with Crippen molar-refractivity contribution in [3.8, 4) is 0 Å². The lowest BCUT2D eigenvalue weighted by atomic mass is 9.77. The second-order valence-electron chi connectivity index (χ2n) is 5.11. The van der Waals surface area contributed by atoms with E-state index in [4.69, 9.17) is 11.6 Å². The first-order chi connectivity index (χ1) is 7.59. The van der Waals surface area contributed by atoms with Gasteiger partial charge in [0, 0.05) is 10.9 Å². The van der Waals surface area contributed by atoms with Crippen LogP contribution in [0.1, 0.15) is 37.8 Å². The molecule has 0 N–H and O–H groups in total. The normalized spacial score (nSPS) is 20.9. The smallest absolute Gasteiger partial charge is 0.0446 e. The van der Waals surface area contributed by atoms with Crippen LogP contribution in [0, 0.1) is 11.8 Å². The van der Waals surface area contributed by atoms with Gasteiger partial charge in [0.15, 0.2) is 0 Å². The Balaban J connectivity index is 2.09. The van der Waals surface area contributed by atoms with E-state index in [0.29, 0.717) is 17.8 Å². The highest BCUT2D eigenvalue weighted by Gasteiger charge is 2.26. The summed E-state index contributed by atoms with van der Waals surface area (Å²) >= 11 is 6.20. The number of allylic oxidation sites excluding steroid dienone is 2. The molecule has 1 aromatic carbocycles. The molecule has 0 bridgehead atoms. The van der Waals surface area contributed by atoms with Crippen LogP contribution < -0.4 is 0 Å². The molecule has 0 amide bonds. The third-order valence-corrected chi connectivity index (χ3v) is 3.98. The zero-order valence-electron chi connectivity index (χ0n) is 10.2. The summed E-state index contributed by atoms with van der Waals surface area (Å²) in [5.74, 6) is 1.90. The molecule has 0 saturated heterocycles. The van der Waals surface area contributed by atoms with Gasteiger partial charge in [-0.2, -0.15) is 0 Å². The lowest BCUT2D eigenvalue weighted by Crippen LogP contribution is -2.16. The Kier molecular flexibility index (Phi) is 3.39. The third kappa shape index (κ3) is 2.17. The topological polar surface area (TPSA) is 0 Å². The van der Waals surface area contributed by atoms with Gasteiger partial charge in [0.2, 0.25) is 0 Å². The number of fused-ring (bicyclic) bond motifs is 1. The van der Waals surface area contributed by atoms with E-state index < -0.39 is 0 Å². The minimum atomic E-state index is 0.546. The molecule has 0 saturated carbocycles. The van der Waals surface area contributed by atoms with Gasteiger partial charge >= 0.3 is 0 Å². The zero-order valence-corrected chi connectivity index (χ0v) is 11.0. The summed E-state index contributed by atoms with van der Waals surface area (Å²) in [4.78, 5) is 0. The molecule has 0 nitrogen and oxygen atoms in total. The number of hydrogen-bond acceptors (Lipinski definition) is 0. The molecule has 2 atom stereocenters. The van der Waals surface area contributed by atoms with Gasteiger partial charge in [-0.25, -0.2) is 0 Å². The lowest BCUT2D eigenvalue weighted by molar-refractivity contribution is 0.501. The molecule has 1 aliphatic carbocycles. The Labute approximate surface area is 103 Å². The zero-order chi connectivity index (χ0) is 11.7. The third-order valence-electron chi connectivity index (χ3n) is 3.65. The summed E-state index contributed by atoms with van der Waals surface area (Å²) in [6.45, 7) is 6.79. The minimum absolute atomic E-state index is 0.546. The van der Waals surface area contributed by atoms with Crippen LogP contribution in [0.2, 0.25) is 5.02 Å². The van der Waals surface area contributed by atoms with E-state index in [2.05, 4.69) is 39.0 Å². The van der Waals surface area contributed by atoms with Crippen LogP contribution in [-0.4, -0.2) is 0 Å². The van der Waals surface area contributed by atoms with Gasteiger partial charge in [0.25, 0.3) is 0 Å². The maximum absolute atomic E-state index is 6.20. The molecule has 1 aromatic rings. The van der Waals surface area contributed by atoms with Crippen molar-refractivity contribution in [2.45, 2.75) is 33.1 Å². The summed E-state index contributed by atoms with van der Waals surface area (Å²) in [6, 6.07) is 6.21. The summed E-state index contributed by atoms with van der Waals surface area (Å²) in [5, 5.41) is 0.926. The van der Waals surface area contributed by atoms with Crippen molar-refractivity contribution in [1.29, 1.82) is 0 Å². The van der Waals surface area contributed by atoms with Crippen LogP contribution in [0.15, 0.2) is 30.4 Å². The molecule has 0 aliphatic heterocycles. The largest absolute Gasteiger partial charge is 0.0848 e. The van der Waals surface area contributed by atoms with Gasteiger partial charge in [-0.1, -0.05) is 56.7 Å². The van der Waals surface area contributed by atoms with Crippen molar-refractivity contribution in [2.24, 2.45) is 11.8 Å². The highest BCUT2D eigenvalue weighted by Crippen LogP contribution is 2.41. The van der Waals surface area contributed by atoms with Crippen molar-refractivity contribution in [2.75, 3.05) is 0 Å². The van der Waals surface area contributed by atoms with E-state index >= 15 is 0 Å². The van der Waals surface area contributed by atoms with Gasteiger partial charge < -0.3 is 0 Å². The predicted molar refractivity (Wildman–Crippen MR) is 71.0 cm³/mol. The molecule has 0 fully saturated rings. The van der Waals surface area contributed by atoms with Crippen molar-refractivity contribution >= 4 is 11.6 Å². The lowest BCUT2D eigenvalue weighted by Gasteiger charge is -2.29. The summed E-state index contributed by atoms with van der Waals surface area (Å²) in [5.41, 5.74) is 2.76. The average molecular weight is 235 g/mol. The second kappa shape index (κ2) is 4.63. The Morgan fingerprint density at radius 3 is 2.69 bits per heavy atom. The molecule has 0 aromatic heterocycles. The molecular formula is C15H19Cl. The van der Waals surface area contributed by atoms with E-state index in [1.807, 2.05) is 12.1 Å². The number of rotatable bonds is 3. The Bertz CT molecular complexity index is 390. The standard InChI is InChI=1S/C15H19Cl/c1-10(2)11(3)7-8-13-9-12-5-4-6-14(16)15(12)13/h4-8,10-11,13H,9H2,1-3H3/b8-7-. The second-order valence-corrected chi connectivity index (χ2v) is 5.52. The Morgan fingerprint density at radius 2 is 2.06 bits per heavy atom. The summed E-state index contributed by atoms with van der Waals surface area (Å²) in [6.07, 6.45) is 5.82. The van der Waals surface area contributed by atoms with Crippen LogP contribution in [0.4, 0.5) is 0 Å². The molecule has 0 spiro atoms. The Hall–Kier alpha value is -0.750. The first kappa shape index (κ1) is 11.7. The highest BCUT2D eigenvalue weighted by atomic mass is 35.5. The van der Waals surface area contributed by atoms with Gasteiger partial charge in [-0.05, 0) is 35.4 Å². The SMILES string of the molecule is CC(C)C(C)/C=C\C1Cc2cccc(Cl)c21. The van der Waals surface area contributed by atoms with E-state index in [1.165, 1.54) is 11.1 Å². The van der Waals surface area contributed by atoms with E-state index in [-0.39, 0.29) is 0 Å². The number of benzene rings is 1. The van der Waals surface area contributed by atoms with Gasteiger partial charge in [0.1, 0.15) is 0 Å². The average Bonchev–Trinajstić information content (AvgIpc) is 2.18. The van der Waals surface area contributed by atoms with Gasteiger partial charge in [-0.3, -0.25) is 0 Å². The number of halogens is 1. The first-order valence-electron chi connectivity index (χ1n) is 6.05. The molecule has 2 unspecified atom stereocenters. The van der Waals surface area contributed by atoms with Gasteiger partial charge in [-0.15, -0.1) is 0 Å². The molecule has 86 valence electrons. The van der Waals surface area contributed by atoms with E-state index in [0.717, 1.165) is 11.4 Å². The molecule has 1 heteroatoms. The van der Waals surface area contributed by atoms with Crippen LogP contribution in [0.25, 0.3) is 0 Å². The maximum atomic E-state index is 6.20. The fraction of sp³-hybridized carbons (Fsp3) is 0.467. The monoisotopic (exact) mass is 234 g/mol. The first-order valence-corrected chi connectivity index (χ1v) is 6.43. The van der Waals surface area contributed by atoms with E-state index in [1.54, 1.807) is 0 Å². The van der Waals surface area contributed by atoms with Crippen LogP contribution in [0.3, 0.4) is 0 Å². The molecule has 16 heavy (non-hydrogen) atoms. The molecule has 2 rings (SSSR count). The summed E-state index contributed by atoms with van der Waals surface area (Å²) < 4.78 is 0. The van der Waals surface area contributed by atoms with Crippen LogP contribution >= 0.6 is 11.6 Å². The van der Waals surface area contributed by atoms with Crippen molar-refractivity contribution < 1.29 is 0 Å². The van der Waals surface area contributed by atoms with E-state index in [9.17, 15) is 0 Å². The minimum Gasteiger partial charge on any atom is -0.0848 e. The number of hydrogen-bond donors (Lipinski definition) is 0. The maximum Gasteiger partial charge on any atom is 0.0446 e. The quantitative estimate of drug-likeness (QED) is 0.658. The predicted octanol–water partition coefficient (Wildman–Crippen LogP) is 4.83. The fourth-order valence-corrected chi connectivity index (χ4v) is 2.41. The van der Waals surface area contributed by atoms with Crippen LogP contribution in [-0.2, 0) is 6.42 Å².